The van der Waals surface area contributed by atoms with Crippen molar-refractivity contribution in [1.29, 1.82) is 0 Å². The van der Waals surface area contributed by atoms with Gasteiger partial charge in [-0.25, -0.2) is 4.79 Å². The molecule has 1 fully saturated rings. The minimum Gasteiger partial charge on any atom is -0.465 e. The number of hydrogen-bond acceptors (Lipinski definition) is 3. The van der Waals surface area contributed by atoms with E-state index >= 15 is 0 Å². The quantitative estimate of drug-likeness (QED) is 0.731. The van der Waals surface area contributed by atoms with E-state index in [0.717, 1.165) is 4.90 Å². The fraction of sp³-hybridized carbons (Fsp3) is 0.750. The monoisotopic (exact) mass is 256 g/mol. The van der Waals surface area contributed by atoms with Crippen LogP contribution >= 0.6 is 0 Å². The maximum absolute atomic E-state index is 11.9. The molecular formula is C8H11F3N2O4. The van der Waals surface area contributed by atoms with Gasteiger partial charge in [0.2, 0.25) is 0 Å². The van der Waals surface area contributed by atoms with Crippen LogP contribution in [-0.4, -0.2) is 60.5 Å². The second-order valence-corrected chi connectivity index (χ2v) is 3.41. The Morgan fingerprint density at radius 3 is 2.65 bits per heavy atom. The Hall–Kier alpha value is -1.51. The van der Waals surface area contributed by atoms with Crippen molar-refractivity contribution in [2.75, 3.05) is 26.3 Å². The summed E-state index contributed by atoms with van der Waals surface area (Å²) in [7, 11) is 0. The molecule has 0 radical (unpaired) electrons. The maximum Gasteiger partial charge on any atom is 0.471 e. The Kier molecular flexibility index (Phi) is 4.16. The number of rotatable bonds is 2. The molecule has 1 saturated heterocycles. The van der Waals surface area contributed by atoms with Gasteiger partial charge in [-0.1, -0.05) is 0 Å². The zero-order valence-electron chi connectivity index (χ0n) is 8.66. The third-order valence-corrected chi connectivity index (χ3v) is 2.23. The summed E-state index contributed by atoms with van der Waals surface area (Å²) in [5, 5.41) is 10.4. The van der Waals surface area contributed by atoms with Crippen LogP contribution in [0.5, 0.6) is 0 Å². The normalized spacial score (nSPS) is 21.1. The SMILES string of the molecule is O=C(O)N1CCOCC1CNC(=O)C(F)(F)F. The number of nitrogens with zero attached hydrogens (tertiary/aromatic N) is 1. The molecule has 0 aromatic rings. The van der Waals surface area contributed by atoms with Crippen molar-refractivity contribution < 1.29 is 32.6 Å². The predicted octanol–water partition coefficient (Wildman–Crippen LogP) is 0.0437. The lowest BCUT2D eigenvalue weighted by Gasteiger charge is -2.33. The smallest absolute Gasteiger partial charge is 0.465 e. The average molecular weight is 256 g/mol. The van der Waals surface area contributed by atoms with Crippen LogP contribution in [0.1, 0.15) is 0 Å². The van der Waals surface area contributed by atoms with Crippen molar-refractivity contribution in [1.82, 2.24) is 10.2 Å². The second kappa shape index (κ2) is 5.21. The summed E-state index contributed by atoms with van der Waals surface area (Å²) in [6, 6.07) is -0.799. The van der Waals surface area contributed by atoms with Crippen LogP contribution in [0.2, 0.25) is 0 Å². The van der Waals surface area contributed by atoms with E-state index in [9.17, 15) is 22.8 Å². The lowest BCUT2D eigenvalue weighted by molar-refractivity contribution is -0.174. The summed E-state index contributed by atoms with van der Waals surface area (Å²) in [4.78, 5) is 22.2. The van der Waals surface area contributed by atoms with Gasteiger partial charge >= 0.3 is 18.2 Å². The van der Waals surface area contributed by atoms with Crippen LogP contribution in [0, 0.1) is 0 Å². The molecule has 0 saturated carbocycles. The fourth-order valence-corrected chi connectivity index (χ4v) is 1.39. The van der Waals surface area contributed by atoms with Crippen molar-refractivity contribution in [2.45, 2.75) is 12.2 Å². The molecule has 1 atom stereocenters. The molecule has 2 N–H and O–H groups in total. The molecular weight excluding hydrogens is 245 g/mol. The van der Waals surface area contributed by atoms with E-state index in [1.54, 1.807) is 5.32 Å². The predicted molar refractivity (Wildman–Crippen MR) is 48.4 cm³/mol. The molecule has 1 rings (SSSR count). The molecule has 0 spiro atoms. The van der Waals surface area contributed by atoms with Crippen molar-refractivity contribution in [3.63, 3.8) is 0 Å². The summed E-state index contributed by atoms with van der Waals surface area (Å²) in [6.45, 7) is -0.201. The van der Waals surface area contributed by atoms with Gasteiger partial charge in [0, 0.05) is 13.1 Å². The second-order valence-electron chi connectivity index (χ2n) is 3.41. The Morgan fingerprint density at radius 1 is 1.47 bits per heavy atom. The van der Waals surface area contributed by atoms with Crippen molar-refractivity contribution >= 4 is 12.0 Å². The molecule has 0 aromatic heterocycles. The van der Waals surface area contributed by atoms with Crippen LogP contribution < -0.4 is 5.32 Å². The summed E-state index contributed by atoms with van der Waals surface area (Å²) < 4.78 is 40.6. The molecule has 17 heavy (non-hydrogen) atoms. The number of hydrogen-bond donors (Lipinski definition) is 2. The first-order valence-electron chi connectivity index (χ1n) is 4.74. The number of halogens is 3. The van der Waals surface area contributed by atoms with E-state index in [1.165, 1.54) is 0 Å². The number of alkyl halides is 3. The van der Waals surface area contributed by atoms with Crippen LogP contribution in [-0.2, 0) is 9.53 Å². The van der Waals surface area contributed by atoms with Gasteiger partial charge in [0.05, 0.1) is 19.3 Å². The van der Waals surface area contributed by atoms with E-state index < -0.39 is 30.8 Å². The van der Waals surface area contributed by atoms with Gasteiger partial charge in [0.15, 0.2) is 0 Å². The van der Waals surface area contributed by atoms with Crippen molar-refractivity contribution in [3.05, 3.63) is 0 Å². The highest BCUT2D eigenvalue weighted by atomic mass is 19.4. The Morgan fingerprint density at radius 2 is 2.12 bits per heavy atom. The van der Waals surface area contributed by atoms with Gasteiger partial charge in [-0.15, -0.1) is 0 Å². The number of nitrogens with one attached hydrogen (secondary N) is 1. The number of carbonyl (C=O) groups is 2. The number of amides is 2. The summed E-state index contributed by atoms with van der Waals surface area (Å²) in [5.41, 5.74) is 0. The highest BCUT2D eigenvalue weighted by Gasteiger charge is 2.39. The van der Waals surface area contributed by atoms with E-state index in [4.69, 9.17) is 9.84 Å². The number of morpholine rings is 1. The fourth-order valence-electron chi connectivity index (χ4n) is 1.39. The topological polar surface area (TPSA) is 78.9 Å². The van der Waals surface area contributed by atoms with Gasteiger partial charge in [-0.3, -0.25) is 9.69 Å². The Balaban J connectivity index is 2.49. The standard InChI is InChI=1S/C8H11F3N2O4/c9-8(10,11)6(14)12-3-5-4-17-2-1-13(5)7(15)16/h5H,1-4H2,(H,12,14)(H,15,16). The first-order valence-corrected chi connectivity index (χ1v) is 4.74. The molecule has 1 aliphatic heterocycles. The number of ether oxygens (including phenoxy) is 1. The molecule has 0 aliphatic carbocycles. The molecule has 0 aromatic carbocycles. The highest BCUT2D eigenvalue weighted by molar-refractivity contribution is 5.81. The van der Waals surface area contributed by atoms with Crippen LogP contribution in [0.3, 0.4) is 0 Å². The van der Waals surface area contributed by atoms with E-state index in [1.807, 2.05) is 0 Å². The molecule has 9 heteroatoms. The van der Waals surface area contributed by atoms with Crippen LogP contribution in [0.15, 0.2) is 0 Å². The van der Waals surface area contributed by atoms with Crippen LogP contribution in [0.25, 0.3) is 0 Å². The minimum absolute atomic E-state index is 0.0373. The van der Waals surface area contributed by atoms with E-state index in [2.05, 4.69) is 0 Å². The lowest BCUT2D eigenvalue weighted by Crippen LogP contribution is -2.54. The third kappa shape index (κ3) is 3.77. The van der Waals surface area contributed by atoms with E-state index in [0.29, 0.717) is 0 Å². The van der Waals surface area contributed by atoms with Crippen molar-refractivity contribution in [3.8, 4) is 0 Å². The molecule has 1 unspecified atom stereocenters. The summed E-state index contributed by atoms with van der Waals surface area (Å²) in [6.07, 6.45) is -6.22. The van der Waals surface area contributed by atoms with Crippen molar-refractivity contribution in [2.24, 2.45) is 0 Å². The number of carboxylic acid groups (broad SMARTS) is 1. The Bertz CT molecular complexity index is 308. The minimum atomic E-state index is -4.97. The molecule has 1 heterocycles. The van der Waals surface area contributed by atoms with Gasteiger partial charge in [0.1, 0.15) is 0 Å². The molecule has 0 bridgehead atoms. The highest BCUT2D eigenvalue weighted by Crippen LogP contribution is 2.14. The van der Waals surface area contributed by atoms with Gasteiger partial charge < -0.3 is 15.2 Å². The largest absolute Gasteiger partial charge is 0.471 e. The van der Waals surface area contributed by atoms with Gasteiger partial charge in [-0.2, -0.15) is 13.2 Å². The molecule has 1 aliphatic rings. The lowest BCUT2D eigenvalue weighted by atomic mass is 10.2. The van der Waals surface area contributed by atoms with Crippen LogP contribution in [0.4, 0.5) is 18.0 Å². The number of carbonyl (C=O) groups excluding carboxylic acids is 1. The zero-order chi connectivity index (χ0) is 13.1. The summed E-state index contributed by atoms with van der Waals surface area (Å²) in [5.74, 6) is -2.09. The first-order chi connectivity index (χ1) is 7.82. The molecule has 98 valence electrons. The third-order valence-electron chi connectivity index (χ3n) is 2.23. The van der Waals surface area contributed by atoms with Gasteiger partial charge in [-0.05, 0) is 0 Å². The van der Waals surface area contributed by atoms with E-state index in [-0.39, 0.29) is 19.8 Å². The average Bonchev–Trinajstić information content (AvgIpc) is 2.24. The summed E-state index contributed by atoms with van der Waals surface area (Å²) >= 11 is 0. The first kappa shape index (κ1) is 13.6. The Labute approximate surface area is 94.3 Å². The molecule has 6 nitrogen and oxygen atoms in total. The van der Waals surface area contributed by atoms with Gasteiger partial charge in [0.25, 0.3) is 0 Å². The maximum atomic E-state index is 11.9. The molecule has 2 amide bonds. The zero-order valence-corrected chi connectivity index (χ0v) is 8.66.